The number of amides is 1. The van der Waals surface area contributed by atoms with E-state index >= 15 is 0 Å². The Labute approximate surface area is 135 Å². The van der Waals surface area contributed by atoms with Gasteiger partial charge in [0, 0.05) is 22.8 Å². The first-order valence-electron chi connectivity index (χ1n) is 7.60. The largest absolute Gasteiger partial charge is 0.487 e. The molecular formula is C15H21N2O5P. The van der Waals surface area contributed by atoms with Crippen LogP contribution >= 0.6 is 7.75 Å². The van der Waals surface area contributed by atoms with E-state index in [9.17, 15) is 19.2 Å². The Bertz CT molecular complexity index is 609. The summed E-state index contributed by atoms with van der Waals surface area (Å²) < 4.78 is 16.2. The minimum atomic E-state index is -4.47. The molecule has 3 atom stereocenters. The van der Waals surface area contributed by atoms with Gasteiger partial charge in [0.15, 0.2) is 0 Å². The third-order valence-corrected chi connectivity index (χ3v) is 4.78. The summed E-state index contributed by atoms with van der Waals surface area (Å²) in [5.41, 5.74) is 0.304. The van der Waals surface area contributed by atoms with Crippen molar-refractivity contribution in [1.82, 2.24) is 5.32 Å². The second-order valence-electron chi connectivity index (χ2n) is 5.80. The fourth-order valence-corrected chi connectivity index (χ4v) is 3.10. The summed E-state index contributed by atoms with van der Waals surface area (Å²) in [6.07, 6.45) is 2.79. The zero-order valence-electron chi connectivity index (χ0n) is 13.0. The molecule has 0 saturated heterocycles. The predicted octanol–water partition coefficient (Wildman–Crippen LogP) is 2.89. The number of carbonyl (C=O) groups is 1. The minimum absolute atomic E-state index is 0.0460. The molecule has 0 radical (unpaired) electrons. The number of hydrogen-bond acceptors (Lipinski definition) is 4. The Kier molecular flexibility index (Phi) is 5.68. The van der Waals surface area contributed by atoms with Gasteiger partial charge in [0.1, 0.15) is 0 Å². The smallest absolute Gasteiger partial charge is 0.352 e. The van der Waals surface area contributed by atoms with Gasteiger partial charge in [-0.1, -0.05) is 43.7 Å². The Morgan fingerprint density at radius 2 is 2.17 bits per heavy atom. The van der Waals surface area contributed by atoms with E-state index in [0.29, 0.717) is 12.8 Å². The van der Waals surface area contributed by atoms with E-state index in [0.717, 1.165) is 18.4 Å². The van der Waals surface area contributed by atoms with Crippen LogP contribution in [0.5, 0.6) is 0 Å². The first-order chi connectivity index (χ1) is 10.9. The first kappa shape index (κ1) is 17.8. The Morgan fingerprint density at radius 1 is 1.48 bits per heavy atom. The van der Waals surface area contributed by atoms with E-state index in [2.05, 4.69) is 10.3 Å². The van der Waals surface area contributed by atoms with Gasteiger partial charge in [-0.25, -0.2) is 4.57 Å². The fourth-order valence-electron chi connectivity index (χ4n) is 2.65. The van der Waals surface area contributed by atoms with Gasteiger partial charge in [-0.15, -0.1) is 4.91 Å². The Morgan fingerprint density at radius 3 is 2.78 bits per heavy atom. The van der Waals surface area contributed by atoms with Crippen LogP contribution in [0.15, 0.2) is 35.3 Å². The second kappa shape index (κ2) is 7.34. The molecule has 1 aliphatic rings. The van der Waals surface area contributed by atoms with Crippen molar-refractivity contribution in [3.05, 3.63) is 40.8 Å². The molecule has 3 unspecified atom stereocenters. The minimum Gasteiger partial charge on any atom is -0.352 e. The molecule has 0 aromatic heterocycles. The molecule has 1 fully saturated rings. The number of unbranched alkanes of at least 4 members (excludes halogenated alkanes) is 1. The molecule has 0 heterocycles. The average Bonchev–Trinajstić information content (AvgIpc) is 3.26. The SMILES string of the molecule is CCCCC(=O)NC1CC1(COP(=O)(O)N=O)c1ccccc1. The molecule has 0 spiro atoms. The van der Waals surface area contributed by atoms with Gasteiger partial charge in [0.25, 0.3) is 0 Å². The topological polar surface area (TPSA) is 105 Å². The summed E-state index contributed by atoms with van der Waals surface area (Å²) in [7, 11) is -4.47. The van der Waals surface area contributed by atoms with Crippen LogP contribution in [0.2, 0.25) is 0 Å². The van der Waals surface area contributed by atoms with Gasteiger partial charge in [-0.3, -0.25) is 9.32 Å². The molecule has 2 N–H and O–H groups in total. The van der Waals surface area contributed by atoms with Crippen molar-refractivity contribution in [1.29, 1.82) is 0 Å². The van der Waals surface area contributed by atoms with Crippen LogP contribution in [0, 0.1) is 4.91 Å². The van der Waals surface area contributed by atoms with Gasteiger partial charge in [-0.05, 0) is 18.4 Å². The Hall–Kier alpha value is -1.56. The van der Waals surface area contributed by atoms with Crippen LogP contribution in [0.3, 0.4) is 0 Å². The molecule has 23 heavy (non-hydrogen) atoms. The van der Waals surface area contributed by atoms with Crippen LogP contribution in [0.4, 0.5) is 0 Å². The number of nitrogens with one attached hydrogen (secondary N) is 1. The van der Waals surface area contributed by atoms with Crippen molar-refractivity contribution in [3.63, 3.8) is 0 Å². The highest BCUT2D eigenvalue weighted by Gasteiger charge is 2.57. The van der Waals surface area contributed by atoms with E-state index in [1.54, 1.807) is 0 Å². The number of nitrogens with zero attached hydrogens (tertiary/aromatic N) is 1. The summed E-state index contributed by atoms with van der Waals surface area (Å²) in [6, 6.07) is 9.13. The molecule has 8 heteroatoms. The van der Waals surface area contributed by atoms with Crippen molar-refractivity contribution in [2.45, 2.75) is 44.1 Å². The maximum atomic E-state index is 11.9. The summed E-state index contributed by atoms with van der Waals surface area (Å²) >= 11 is 0. The molecule has 7 nitrogen and oxygen atoms in total. The monoisotopic (exact) mass is 340 g/mol. The molecular weight excluding hydrogens is 319 g/mol. The number of hydrogen-bond donors (Lipinski definition) is 2. The highest BCUT2D eigenvalue weighted by atomic mass is 31.2. The Balaban J connectivity index is 2.08. The molecule has 1 aromatic rings. The van der Waals surface area contributed by atoms with Gasteiger partial charge in [0.05, 0.1) is 6.61 Å². The van der Waals surface area contributed by atoms with Gasteiger partial charge >= 0.3 is 7.75 Å². The number of carbonyl (C=O) groups excluding carboxylic acids is 1. The van der Waals surface area contributed by atoms with Crippen molar-refractivity contribution in [2.24, 2.45) is 4.95 Å². The summed E-state index contributed by atoms with van der Waals surface area (Å²) in [6.45, 7) is 1.87. The van der Waals surface area contributed by atoms with Crippen LogP contribution in [0.25, 0.3) is 0 Å². The summed E-state index contributed by atoms with van der Waals surface area (Å²) in [4.78, 5) is 33.6. The highest BCUT2D eigenvalue weighted by molar-refractivity contribution is 7.51. The standard InChI is InChI=1S/C15H21N2O5P/c1-2-3-9-14(18)16-13-10-15(13,11-22-23(20,21)17-19)12-7-5-4-6-8-12/h4-8,13H,2-3,9-11H2,1H3,(H,16,18)(H,20,21). The first-order valence-corrected chi connectivity index (χ1v) is 9.13. The number of benzene rings is 1. The van der Waals surface area contributed by atoms with Gasteiger partial charge in [0.2, 0.25) is 5.91 Å². The number of nitroso groups, excluding NO2 is 1. The molecule has 126 valence electrons. The molecule has 1 saturated carbocycles. The number of rotatable bonds is 9. The van der Waals surface area contributed by atoms with Crippen LogP contribution in [-0.4, -0.2) is 23.4 Å². The lowest BCUT2D eigenvalue weighted by atomic mass is 9.96. The molecule has 1 aromatic carbocycles. The van der Waals surface area contributed by atoms with Crippen LogP contribution in [-0.2, 0) is 19.3 Å². The molecule has 2 rings (SSSR count). The zero-order chi connectivity index (χ0) is 16.9. The summed E-state index contributed by atoms with van der Waals surface area (Å²) in [5, 5.41) is 2.93. The lowest BCUT2D eigenvalue weighted by molar-refractivity contribution is -0.121. The van der Waals surface area contributed by atoms with Gasteiger partial charge < -0.3 is 10.2 Å². The van der Waals surface area contributed by atoms with E-state index in [1.165, 1.54) is 0 Å². The maximum Gasteiger partial charge on any atom is 0.487 e. The molecule has 0 aliphatic heterocycles. The maximum absolute atomic E-state index is 11.9. The normalized spacial score (nSPS) is 25.4. The highest BCUT2D eigenvalue weighted by Crippen LogP contribution is 2.53. The molecule has 0 bridgehead atoms. The third kappa shape index (κ3) is 4.47. The fraction of sp³-hybridized carbons (Fsp3) is 0.533. The lowest BCUT2D eigenvalue weighted by Crippen LogP contribution is -2.33. The van der Waals surface area contributed by atoms with Crippen LogP contribution < -0.4 is 5.32 Å². The lowest BCUT2D eigenvalue weighted by Gasteiger charge is -2.19. The van der Waals surface area contributed by atoms with E-state index < -0.39 is 13.2 Å². The summed E-state index contributed by atoms with van der Waals surface area (Å²) in [5.74, 6) is -0.0460. The van der Waals surface area contributed by atoms with Gasteiger partial charge in [-0.2, -0.15) is 0 Å². The van der Waals surface area contributed by atoms with E-state index in [1.807, 2.05) is 37.3 Å². The average molecular weight is 340 g/mol. The second-order valence-corrected chi connectivity index (χ2v) is 7.20. The van der Waals surface area contributed by atoms with E-state index in [4.69, 9.17) is 4.52 Å². The van der Waals surface area contributed by atoms with Crippen molar-refractivity contribution in [2.75, 3.05) is 6.61 Å². The van der Waals surface area contributed by atoms with E-state index in [-0.39, 0.29) is 18.6 Å². The predicted molar refractivity (Wildman–Crippen MR) is 85.8 cm³/mol. The van der Waals surface area contributed by atoms with Crippen molar-refractivity contribution < 1.29 is 18.8 Å². The van der Waals surface area contributed by atoms with Crippen molar-refractivity contribution in [3.8, 4) is 0 Å². The van der Waals surface area contributed by atoms with Crippen LogP contribution in [0.1, 0.15) is 38.2 Å². The molecule has 1 amide bonds. The quantitative estimate of drug-likeness (QED) is 0.531. The molecule has 1 aliphatic carbocycles. The third-order valence-electron chi connectivity index (χ3n) is 4.11. The van der Waals surface area contributed by atoms with Crippen molar-refractivity contribution >= 4 is 13.7 Å². The zero-order valence-corrected chi connectivity index (χ0v) is 13.9.